The van der Waals surface area contributed by atoms with Crippen molar-refractivity contribution in [2.75, 3.05) is 0 Å². The van der Waals surface area contributed by atoms with E-state index in [4.69, 9.17) is 0 Å². The summed E-state index contributed by atoms with van der Waals surface area (Å²) in [4.78, 5) is 0. The number of nitrogens with zero attached hydrogens (tertiary/aromatic N) is 1. The van der Waals surface area contributed by atoms with Crippen molar-refractivity contribution in [1.29, 1.82) is 5.26 Å². The lowest BCUT2D eigenvalue weighted by molar-refractivity contribution is -0.137. The van der Waals surface area contributed by atoms with E-state index in [9.17, 15) is 5.26 Å². The molecule has 0 bridgehead atoms. The van der Waals surface area contributed by atoms with E-state index >= 15 is 0 Å². The van der Waals surface area contributed by atoms with Crippen LogP contribution in [0, 0.1) is 63.6 Å². The van der Waals surface area contributed by atoms with Crippen molar-refractivity contribution in [1.82, 2.24) is 0 Å². The van der Waals surface area contributed by atoms with Crippen LogP contribution in [0.25, 0.3) is 0 Å². The molecule has 3 unspecified atom stereocenters. The summed E-state index contributed by atoms with van der Waals surface area (Å²) in [5.74, 6) is 6.32. The Morgan fingerprint density at radius 2 is 1.73 bits per heavy atom. The van der Waals surface area contributed by atoms with Gasteiger partial charge in [-0.15, -0.1) is 0 Å². The molecule has 0 amide bonds. The van der Waals surface area contributed by atoms with Gasteiger partial charge in [0, 0.05) is 6.42 Å². The molecule has 0 aromatic heterocycles. The van der Waals surface area contributed by atoms with Crippen LogP contribution in [-0.4, -0.2) is 0 Å². The molecule has 0 spiro atoms. The fourth-order valence-electron chi connectivity index (χ4n) is 9.28. The van der Waals surface area contributed by atoms with E-state index < -0.39 is 0 Å². The SMILES string of the molecule is CC[C@H]1CC2C3CC[C@H]([C@H](C)CC#N)[C@@]3(C)CCC2[C@@]2(C)CCCC[C@@H]12. The molecule has 4 aliphatic rings. The summed E-state index contributed by atoms with van der Waals surface area (Å²) in [5, 5.41) is 9.24. The number of rotatable bonds is 3. The second-order valence-electron chi connectivity index (χ2n) is 11.2. The summed E-state index contributed by atoms with van der Waals surface area (Å²) in [5.41, 5.74) is 1.16. The Balaban J connectivity index is 1.63. The fourth-order valence-corrected chi connectivity index (χ4v) is 9.28. The summed E-state index contributed by atoms with van der Waals surface area (Å²) in [7, 11) is 0. The molecule has 9 atom stereocenters. The van der Waals surface area contributed by atoms with Gasteiger partial charge in [0.05, 0.1) is 6.07 Å². The molecular weight excluding hydrogens is 314 g/mol. The first-order valence-electron chi connectivity index (χ1n) is 11.8. The minimum absolute atomic E-state index is 0.521. The second-order valence-corrected chi connectivity index (χ2v) is 11.2. The lowest BCUT2D eigenvalue weighted by Crippen LogP contribution is -2.55. The summed E-state index contributed by atoms with van der Waals surface area (Å²) in [6, 6.07) is 2.47. The highest BCUT2D eigenvalue weighted by Gasteiger charge is 2.61. The van der Waals surface area contributed by atoms with Gasteiger partial charge >= 0.3 is 0 Å². The highest BCUT2D eigenvalue weighted by atomic mass is 14.7. The van der Waals surface area contributed by atoms with Crippen molar-refractivity contribution >= 4 is 0 Å². The van der Waals surface area contributed by atoms with E-state index in [0.717, 1.165) is 41.9 Å². The van der Waals surface area contributed by atoms with E-state index in [-0.39, 0.29) is 0 Å². The van der Waals surface area contributed by atoms with Gasteiger partial charge in [0.1, 0.15) is 0 Å². The Bertz CT molecular complexity index is 561. The van der Waals surface area contributed by atoms with Crippen LogP contribution >= 0.6 is 0 Å². The molecule has 4 aliphatic carbocycles. The standard InChI is InChI=1S/C25H41N/c1-5-18-16-19-22-10-9-20(17(2)12-15-26)25(22,4)14-11-23(19)24(3)13-7-6-8-21(18)24/h17-23H,5-14,16H2,1-4H3/t17-,18+,19?,20-,21+,22?,23?,24+,25-/m1/s1. The highest BCUT2D eigenvalue weighted by molar-refractivity contribution is 5.10. The van der Waals surface area contributed by atoms with Crippen LogP contribution in [0.5, 0.6) is 0 Å². The molecule has 0 radical (unpaired) electrons. The molecule has 4 saturated carbocycles. The zero-order valence-electron chi connectivity index (χ0n) is 17.8. The van der Waals surface area contributed by atoms with E-state index in [0.29, 0.717) is 16.7 Å². The van der Waals surface area contributed by atoms with Gasteiger partial charge in [-0.2, -0.15) is 5.26 Å². The van der Waals surface area contributed by atoms with E-state index in [1.807, 2.05) is 0 Å². The van der Waals surface area contributed by atoms with Crippen LogP contribution < -0.4 is 0 Å². The summed E-state index contributed by atoms with van der Waals surface area (Å²) in [6.45, 7) is 10.2. The molecule has 4 rings (SSSR count). The monoisotopic (exact) mass is 355 g/mol. The van der Waals surface area contributed by atoms with Crippen molar-refractivity contribution in [3.05, 3.63) is 0 Å². The van der Waals surface area contributed by atoms with Crippen LogP contribution in [0.3, 0.4) is 0 Å². The Hall–Kier alpha value is -0.510. The molecular formula is C25H41N. The predicted molar refractivity (Wildman–Crippen MR) is 108 cm³/mol. The number of nitriles is 1. The van der Waals surface area contributed by atoms with Gasteiger partial charge < -0.3 is 0 Å². The Kier molecular flexibility index (Phi) is 4.95. The number of fused-ring (bicyclic) bond motifs is 5. The first-order chi connectivity index (χ1) is 12.5. The first-order valence-corrected chi connectivity index (χ1v) is 11.8. The molecule has 1 heteroatoms. The minimum Gasteiger partial charge on any atom is -0.198 e. The smallest absolute Gasteiger partial charge is 0.0624 e. The number of hydrogen-bond acceptors (Lipinski definition) is 1. The van der Waals surface area contributed by atoms with E-state index in [1.165, 1.54) is 64.2 Å². The number of hydrogen-bond donors (Lipinski definition) is 0. The molecule has 4 fully saturated rings. The quantitative estimate of drug-likeness (QED) is 0.524. The van der Waals surface area contributed by atoms with Gasteiger partial charge in [0.15, 0.2) is 0 Å². The molecule has 0 aromatic carbocycles. The highest BCUT2D eigenvalue weighted by Crippen LogP contribution is 2.69. The zero-order valence-corrected chi connectivity index (χ0v) is 17.8. The Morgan fingerprint density at radius 1 is 0.962 bits per heavy atom. The van der Waals surface area contributed by atoms with E-state index in [2.05, 4.69) is 33.8 Å². The molecule has 0 saturated heterocycles. The van der Waals surface area contributed by atoms with Crippen molar-refractivity contribution < 1.29 is 0 Å². The molecule has 26 heavy (non-hydrogen) atoms. The Morgan fingerprint density at radius 3 is 2.46 bits per heavy atom. The minimum atomic E-state index is 0.521. The van der Waals surface area contributed by atoms with Crippen molar-refractivity contribution in [2.24, 2.45) is 52.3 Å². The third-order valence-corrected chi connectivity index (χ3v) is 10.5. The van der Waals surface area contributed by atoms with Crippen molar-refractivity contribution in [3.63, 3.8) is 0 Å². The van der Waals surface area contributed by atoms with Crippen LogP contribution in [0.4, 0.5) is 0 Å². The lowest BCUT2D eigenvalue weighted by Gasteiger charge is -2.63. The average Bonchev–Trinajstić information content (AvgIpc) is 2.98. The molecule has 0 N–H and O–H groups in total. The normalized spacial score (nSPS) is 51.7. The molecule has 0 aliphatic heterocycles. The van der Waals surface area contributed by atoms with Crippen LogP contribution in [-0.2, 0) is 0 Å². The van der Waals surface area contributed by atoms with Crippen LogP contribution in [0.1, 0.15) is 98.3 Å². The van der Waals surface area contributed by atoms with E-state index in [1.54, 1.807) is 0 Å². The van der Waals surface area contributed by atoms with Crippen molar-refractivity contribution in [2.45, 2.75) is 98.3 Å². The van der Waals surface area contributed by atoms with Gasteiger partial charge in [-0.25, -0.2) is 0 Å². The van der Waals surface area contributed by atoms with Gasteiger partial charge in [0.2, 0.25) is 0 Å². The predicted octanol–water partition coefficient (Wildman–Crippen LogP) is 7.22. The Labute approximate surface area is 162 Å². The fraction of sp³-hybridized carbons (Fsp3) is 0.960. The topological polar surface area (TPSA) is 23.8 Å². The van der Waals surface area contributed by atoms with Gasteiger partial charge in [0.25, 0.3) is 0 Å². The maximum Gasteiger partial charge on any atom is 0.0624 e. The summed E-state index contributed by atoms with van der Waals surface area (Å²) < 4.78 is 0. The first kappa shape index (κ1) is 18.8. The molecule has 0 aromatic rings. The molecule has 1 nitrogen and oxygen atoms in total. The van der Waals surface area contributed by atoms with Crippen LogP contribution in [0.15, 0.2) is 0 Å². The van der Waals surface area contributed by atoms with Gasteiger partial charge in [-0.1, -0.05) is 47.0 Å². The zero-order chi connectivity index (χ0) is 18.5. The third-order valence-electron chi connectivity index (χ3n) is 10.5. The maximum atomic E-state index is 9.24. The average molecular weight is 356 g/mol. The van der Waals surface area contributed by atoms with Crippen molar-refractivity contribution in [3.8, 4) is 6.07 Å². The second kappa shape index (κ2) is 6.83. The molecule has 0 heterocycles. The largest absolute Gasteiger partial charge is 0.198 e. The third kappa shape index (κ3) is 2.61. The lowest BCUT2D eigenvalue weighted by atomic mass is 9.42. The van der Waals surface area contributed by atoms with Gasteiger partial charge in [-0.05, 0) is 97.2 Å². The van der Waals surface area contributed by atoms with Crippen LogP contribution in [0.2, 0.25) is 0 Å². The van der Waals surface area contributed by atoms with Gasteiger partial charge in [-0.3, -0.25) is 0 Å². The molecule has 146 valence electrons. The summed E-state index contributed by atoms with van der Waals surface area (Å²) in [6.07, 6.45) is 15.5. The maximum absolute atomic E-state index is 9.24. The summed E-state index contributed by atoms with van der Waals surface area (Å²) >= 11 is 0.